The average molecular weight is 451 g/mol. The van der Waals surface area contributed by atoms with Crippen LogP contribution in [0.3, 0.4) is 0 Å². The Kier molecular flexibility index (Phi) is 6.35. The molecule has 1 aliphatic rings. The number of methoxy groups -OCH3 is 1. The molecule has 1 aliphatic heterocycles. The van der Waals surface area contributed by atoms with Gasteiger partial charge in [0.15, 0.2) is 0 Å². The summed E-state index contributed by atoms with van der Waals surface area (Å²) in [7, 11) is 1.26. The Morgan fingerprint density at radius 2 is 2.07 bits per heavy atom. The van der Waals surface area contributed by atoms with E-state index in [1.54, 1.807) is 6.20 Å². The van der Waals surface area contributed by atoms with E-state index in [0.29, 0.717) is 18.9 Å². The van der Waals surface area contributed by atoms with Crippen LogP contribution in [-0.2, 0) is 14.4 Å². The molecule has 9 heteroatoms. The molecular weight excluding hydrogens is 428 g/mol. The van der Waals surface area contributed by atoms with Gasteiger partial charge in [-0.25, -0.2) is 14.8 Å². The number of alkyl carbamates (subject to hydrolysis) is 1. The second-order valence-electron chi connectivity index (χ2n) is 6.85. The topological polar surface area (TPSA) is 96.6 Å². The van der Waals surface area contributed by atoms with Gasteiger partial charge in [0, 0.05) is 10.9 Å². The zero-order valence-corrected chi connectivity index (χ0v) is 17.5. The fourth-order valence-electron chi connectivity index (χ4n) is 3.05. The van der Waals surface area contributed by atoms with Crippen LogP contribution in [0, 0.1) is 5.92 Å². The Bertz CT molecular complexity index is 837. The quantitative estimate of drug-likeness (QED) is 0.726. The van der Waals surface area contributed by atoms with Crippen molar-refractivity contribution in [3.05, 3.63) is 40.8 Å². The van der Waals surface area contributed by atoms with Crippen molar-refractivity contribution in [2.75, 3.05) is 13.7 Å². The number of hydrogen-bond donors (Lipinski definition) is 2. The van der Waals surface area contributed by atoms with E-state index in [0.717, 1.165) is 15.7 Å². The SMILES string of the molecule is COC(=O)N[C@H](C(=O)N1OCC[C@H]1c1ncc(-c2ccc(Br)cc2)[nH]1)C(C)C. The molecule has 150 valence electrons. The molecule has 8 nitrogen and oxygen atoms in total. The van der Waals surface area contributed by atoms with Crippen LogP contribution < -0.4 is 5.32 Å². The third-order valence-corrected chi connectivity index (χ3v) is 5.11. The molecule has 0 radical (unpaired) electrons. The first-order valence-corrected chi connectivity index (χ1v) is 9.81. The number of aromatic nitrogens is 2. The number of nitrogens with zero attached hydrogens (tertiary/aromatic N) is 2. The van der Waals surface area contributed by atoms with Gasteiger partial charge in [0.25, 0.3) is 5.91 Å². The minimum atomic E-state index is -0.756. The van der Waals surface area contributed by atoms with Gasteiger partial charge in [-0.1, -0.05) is 41.9 Å². The number of halogens is 1. The first-order chi connectivity index (χ1) is 13.4. The minimum absolute atomic E-state index is 0.133. The highest BCUT2D eigenvalue weighted by molar-refractivity contribution is 9.10. The van der Waals surface area contributed by atoms with Gasteiger partial charge < -0.3 is 15.0 Å². The molecule has 1 fully saturated rings. The number of benzene rings is 1. The van der Waals surface area contributed by atoms with Crippen LogP contribution in [0.5, 0.6) is 0 Å². The largest absolute Gasteiger partial charge is 0.453 e. The van der Waals surface area contributed by atoms with Crippen molar-refractivity contribution in [3.63, 3.8) is 0 Å². The van der Waals surface area contributed by atoms with Gasteiger partial charge in [-0.3, -0.25) is 9.63 Å². The third kappa shape index (κ3) is 4.36. The summed E-state index contributed by atoms with van der Waals surface area (Å²) in [6.07, 6.45) is 1.70. The Balaban J connectivity index is 1.79. The van der Waals surface area contributed by atoms with E-state index in [2.05, 4.69) is 36.0 Å². The lowest BCUT2D eigenvalue weighted by Crippen LogP contribution is -2.50. The van der Waals surface area contributed by atoms with Crippen molar-refractivity contribution < 1.29 is 19.2 Å². The van der Waals surface area contributed by atoms with Gasteiger partial charge >= 0.3 is 6.09 Å². The maximum atomic E-state index is 13.0. The molecule has 2 aromatic rings. The van der Waals surface area contributed by atoms with Gasteiger partial charge in [0.2, 0.25) is 0 Å². The first kappa shape index (κ1) is 20.3. The van der Waals surface area contributed by atoms with Crippen LogP contribution in [0.2, 0.25) is 0 Å². The number of nitrogens with one attached hydrogen (secondary N) is 2. The van der Waals surface area contributed by atoms with Crippen LogP contribution in [0.25, 0.3) is 11.3 Å². The summed E-state index contributed by atoms with van der Waals surface area (Å²) in [5, 5.41) is 3.89. The smallest absolute Gasteiger partial charge is 0.407 e. The number of rotatable bonds is 5. The predicted molar refractivity (Wildman–Crippen MR) is 106 cm³/mol. The highest BCUT2D eigenvalue weighted by Gasteiger charge is 2.39. The molecule has 1 aromatic heterocycles. The molecule has 3 rings (SSSR count). The number of H-pyrrole nitrogens is 1. The predicted octanol–water partition coefficient (Wildman–Crippen LogP) is 3.42. The molecule has 1 saturated heterocycles. The van der Waals surface area contributed by atoms with E-state index in [1.165, 1.54) is 12.2 Å². The normalized spacial score (nSPS) is 17.6. The molecule has 28 heavy (non-hydrogen) atoms. The Labute approximate surface area is 171 Å². The number of aromatic amines is 1. The van der Waals surface area contributed by atoms with E-state index in [4.69, 9.17) is 4.84 Å². The summed E-state index contributed by atoms with van der Waals surface area (Å²) in [4.78, 5) is 38.0. The number of hydroxylamine groups is 2. The van der Waals surface area contributed by atoms with Crippen LogP contribution in [0.4, 0.5) is 4.79 Å². The number of ether oxygens (including phenoxy) is 1. The standard InChI is InChI=1S/C19H23BrN4O4/c1-11(2)16(23-19(26)27-3)18(25)24-15(8-9-28-24)17-21-10-14(22-17)12-4-6-13(20)7-5-12/h4-7,10-11,15-16H,8-9H2,1-3H3,(H,21,22)(H,23,26)/t15-,16-/m0/s1. The molecule has 1 aromatic carbocycles. The van der Waals surface area contributed by atoms with Crippen molar-refractivity contribution >= 4 is 27.9 Å². The highest BCUT2D eigenvalue weighted by Crippen LogP contribution is 2.31. The molecule has 2 amide bonds. The number of carbonyl (C=O) groups is 2. The molecule has 0 bridgehead atoms. The van der Waals surface area contributed by atoms with Crippen LogP contribution in [0.15, 0.2) is 34.9 Å². The van der Waals surface area contributed by atoms with Crippen molar-refractivity contribution in [1.29, 1.82) is 0 Å². The van der Waals surface area contributed by atoms with Crippen molar-refractivity contribution in [3.8, 4) is 11.3 Å². The van der Waals surface area contributed by atoms with E-state index in [9.17, 15) is 9.59 Å². The number of amides is 2. The summed E-state index contributed by atoms with van der Waals surface area (Å²) in [5.74, 6) is 0.181. The second kappa shape index (κ2) is 8.74. The van der Waals surface area contributed by atoms with Gasteiger partial charge in [-0.2, -0.15) is 0 Å². The molecule has 0 aliphatic carbocycles. The maximum Gasteiger partial charge on any atom is 0.407 e. The molecule has 2 N–H and O–H groups in total. The molecule has 0 unspecified atom stereocenters. The molecule has 2 heterocycles. The fourth-order valence-corrected chi connectivity index (χ4v) is 3.32. The Morgan fingerprint density at radius 1 is 1.36 bits per heavy atom. The number of hydrogen-bond acceptors (Lipinski definition) is 5. The van der Waals surface area contributed by atoms with Crippen molar-refractivity contribution in [2.24, 2.45) is 5.92 Å². The van der Waals surface area contributed by atoms with Gasteiger partial charge in [-0.15, -0.1) is 0 Å². The maximum absolute atomic E-state index is 13.0. The Morgan fingerprint density at radius 3 is 2.71 bits per heavy atom. The summed E-state index contributed by atoms with van der Waals surface area (Å²) in [5.41, 5.74) is 1.85. The van der Waals surface area contributed by atoms with Crippen LogP contribution in [0.1, 0.15) is 32.1 Å². The van der Waals surface area contributed by atoms with Crippen LogP contribution >= 0.6 is 15.9 Å². The first-order valence-electron chi connectivity index (χ1n) is 9.02. The Hall–Kier alpha value is -2.39. The zero-order valence-electron chi connectivity index (χ0n) is 15.9. The van der Waals surface area contributed by atoms with Gasteiger partial charge in [0.05, 0.1) is 25.6 Å². The van der Waals surface area contributed by atoms with Crippen LogP contribution in [-0.4, -0.2) is 46.8 Å². The van der Waals surface area contributed by atoms with E-state index in [1.807, 2.05) is 38.1 Å². The zero-order chi connectivity index (χ0) is 20.3. The number of carbonyl (C=O) groups excluding carboxylic acids is 2. The lowest BCUT2D eigenvalue weighted by Gasteiger charge is -2.28. The summed E-state index contributed by atoms with van der Waals surface area (Å²) in [6, 6.07) is 6.76. The third-order valence-electron chi connectivity index (χ3n) is 4.58. The molecule has 0 spiro atoms. The molecular formula is C19H23BrN4O4. The second-order valence-corrected chi connectivity index (χ2v) is 7.76. The monoisotopic (exact) mass is 450 g/mol. The molecule has 0 saturated carbocycles. The van der Waals surface area contributed by atoms with E-state index >= 15 is 0 Å². The summed E-state index contributed by atoms with van der Waals surface area (Å²) < 4.78 is 5.63. The van der Waals surface area contributed by atoms with Gasteiger partial charge in [-0.05, 0) is 23.6 Å². The minimum Gasteiger partial charge on any atom is -0.453 e. The lowest BCUT2D eigenvalue weighted by molar-refractivity contribution is -0.180. The number of imidazole rings is 1. The van der Waals surface area contributed by atoms with E-state index in [-0.39, 0.29) is 17.9 Å². The highest BCUT2D eigenvalue weighted by atomic mass is 79.9. The molecule has 2 atom stereocenters. The van der Waals surface area contributed by atoms with Crippen molar-refractivity contribution in [1.82, 2.24) is 20.3 Å². The summed E-state index contributed by atoms with van der Waals surface area (Å²) >= 11 is 3.42. The lowest BCUT2D eigenvalue weighted by atomic mass is 10.0. The average Bonchev–Trinajstić information content (AvgIpc) is 3.34. The van der Waals surface area contributed by atoms with Crippen molar-refractivity contribution in [2.45, 2.75) is 32.4 Å². The van der Waals surface area contributed by atoms with Gasteiger partial charge in [0.1, 0.15) is 17.9 Å². The van der Waals surface area contributed by atoms with E-state index < -0.39 is 12.1 Å². The fraction of sp³-hybridized carbons (Fsp3) is 0.421. The summed E-state index contributed by atoms with van der Waals surface area (Å²) in [6.45, 7) is 4.10.